The van der Waals surface area contributed by atoms with E-state index in [9.17, 15) is 4.79 Å². The highest BCUT2D eigenvalue weighted by molar-refractivity contribution is 5.78. The van der Waals surface area contributed by atoms with Crippen molar-refractivity contribution in [3.05, 3.63) is 47.9 Å². The number of hydrogen-bond acceptors (Lipinski definition) is 5. The first kappa shape index (κ1) is 15.4. The van der Waals surface area contributed by atoms with Gasteiger partial charge >= 0.3 is 0 Å². The van der Waals surface area contributed by atoms with Crippen LogP contribution in [-0.2, 0) is 11.2 Å². The van der Waals surface area contributed by atoms with Crippen LogP contribution in [0, 0.1) is 6.92 Å². The molecule has 1 aliphatic rings. The molecule has 1 saturated heterocycles. The molecule has 6 nitrogen and oxygen atoms in total. The van der Waals surface area contributed by atoms with Crippen molar-refractivity contribution in [2.45, 2.75) is 19.8 Å². The van der Waals surface area contributed by atoms with Gasteiger partial charge < -0.3 is 9.80 Å². The Balaban J connectivity index is 1.59. The van der Waals surface area contributed by atoms with Gasteiger partial charge in [-0.1, -0.05) is 6.07 Å². The Labute approximate surface area is 136 Å². The van der Waals surface area contributed by atoms with Gasteiger partial charge in [0.15, 0.2) is 5.82 Å². The molecule has 0 aliphatic carbocycles. The summed E-state index contributed by atoms with van der Waals surface area (Å²) in [6, 6.07) is 7.77. The molecule has 0 atom stereocenters. The quantitative estimate of drug-likeness (QED) is 0.859. The molecule has 0 N–H and O–H groups in total. The Kier molecular flexibility index (Phi) is 4.80. The van der Waals surface area contributed by atoms with Gasteiger partial charge in [-0.25, -0.2) is 0 Å². The van der Waals surface area contributed by atoms with E-state index in [0.717, 1.165) is 43.1 Å². The van der Waals surface area contributed by atoms with E-state index in [-0.39, 0.29) is 5.91 Å². The molecule has 1 amide bonds. The van der Waals surface area contributed by atoms with Crippen LogP contribution in [0.15, 0.2) is 36.7 Å². The van der Waals surface area contributed by atoms with Crippen LogP contribution in [0.3, 0.4) is 0 Å². The summed E-state index contributed by atoms with van der Waals surface area (Å²) in [5.41, 5.74) is 1.87. The average molecular weight is 311 g/mol. The molecule has 0 aromatic carbocycles. The lowest BCUT2D eigenvalue weighted by Gasteiger charge is -2.22. The van der Waals surface area contributed by atoms with Crippen molar-refractivity contribution in [1.29, 1.82) is 0 Å². The topological polar surface area (TPSA) is 62.2 Å². The van der Waals surface area contributed by atoms with Gasteiger partial charge in [0, 0.05) is 38.6 Å². The van der Waals surface area contributed by atoms with Crippen molar-refractivity contribution >= 4 is 11.7 Å². The zero-order chi connectivity index (χ0) is 16.1. The number of hydrogen-bond donors (Lipinski definition) is 0. The number of nitrogens with zero attached hydrogens (tertiary/aromatic N) is 5. The van der Waals surface area contributed by atoms with Gasteiger partial charge in [-0.05, 0) is 37.1 Å². The van der Waals surface area contributed by atoms with Gasteiger partial charge in [-0.3, -0.25) is 9.78 Å². The summed E-state index contributed by atoms with van der Waals surface area (Å²) in [6.07, 6.45) is 4.83. The molecule has 0 saturated carbocycles. The smallest absolute Gasteiger partial charge is 0.227 e. The van der Waals surface area contributed by atoms with E-state index in [2.05, 4.69) is 20.1 Å². The fraction of sp³-hybridized carbons (Fsp3) is 0.412. The van der Waals surface area contributed by atoms with Crippen molar-refractivity contribution in [2.24, 2.45) is 0 Å². The highest BCUT2D eigenvalue weighted by Crippen LogP contribution is 2.13. The van der Waals surface area contributed by atoms with Crippen LogP contribution < -0.4 is 4.90 Å². The van der Waals surface area contributed by atoms with E-state index in [0.29, 0.717) is 13.0 Å². The maximum absolute atomic E-state index is 12.5. The van der Waals surface area contributed by atoms with Gasteiger partial charge in [0.1, 0.15) is 0 Å². The molecule has 1 fully saturated rings. The third-order valence-electron chi connectivity index (χ3n) is 4.03. The second kappa shape index (κ2) is 7.17. The molecule has 2 aromatic heterocycles. The first-order valence-corrected chi connectivity index (χ1v) is 7.94. The van der Waals surface area contributed by atoms with Gasteiger partial charge in [-0.15, -0.1) is 5.10 Å². The minimum absolute atomic E-state index is 0.162. The Morgan fingerprint density at radius 2 is 2.04 bits per heavy atom. The molecule has 0 bridgehead atoms. The van der Waals surface area contributed by atoms with E-state index in [1.165, 1.54) is 0 Å². The van der Waals surface area contributed by atoms with Gasteiger partial charge in [0.05, 0.1) is 12.1 Å². The Morgan fingerprint density at radius 3 is 2.78 bits per heavy atom. The number of amides is 1. The number of pyridine rings is 1. The lowest BCUT2D eigenvalue weighted by Crippen LogP contribution is -2.36. The average Bonchev–Trinajstić information content (AvgIpc) is 2.83. The maximum atomic E-state index is 12.5. The third kappa shape index (κ3) is 4.03. The third-order valence-corrected chi connectivity index (χ3v) is 4.03. The Bertz CT molecular complexity index is 644. The van der Waals surface area contributed by atoms with Crippen molar-refractivity contribution in [2.75, 3.05) is 31.1 Å². The van der Waals surface area contributed by atoms with Crippen LogP contribution in [0.5, 0.6) is 0 Å². The maximum Gasteiger partial charge on any atom is 0.227 e. The molecular formula is C17H21N5O. The zero-order valence-electron chi connectivity index (χ0n) is 13.4. The largest absolute Gasteiger partial charge is 0.353 e. The summed E-state index contributed by atoms with van der Waals surface area (Å²) in [6.45, 7) is 5.12. The molecule has 0 radical (unpaired) electrons. The molecule has 3 rings (SSSR count). The summed E-state index contributed by atoms with van der Waals surface area (Å²) in [5, 5.41) is 8.36. The molecule has 23 heavy (non-hydrogen) atoms. The van der Waals surface area contributed by atoms with Crippen molar-refractivity contribution in [3.63, 3.8) is 0 Å². The minimum atomic E-state index is 0.162. The summed E-state index contributed by atoms with van der Waals surface area (Å²) in [4.78, 5) is 20.7. The van der Waals surface area contributed by atoms with Crippen LogP contribution in [-0.4, -0.2) is 52.2 Å². The van der Waals surface area contributed by atoms with E-state index in [4.69, 9.17) is 0 Å². The standard InChI is InChI=1S/C17H21N5O/c1-14-5-6-16(20-19-14)21-8-3-9-22(11-10-21)17(23)12-15-4-2-7-18-13-15/h2,4-7,13H,3,8-12H2,1H3. The number of anilines is 1. The monoisotopic (exact) mass is 311 g/mol. The van der Waals surface area contributed by atoms with Gasteiger partial charge in [-0.2, -0.15) is 5.10 Å². The number of aromatic nitrogens is 3. The fourth-order valence-corrected chi connectivity index (χ4v) is 2.75. The second-order valence-electron chi connectivity index (χ2n) is 5.79. The summed E-state index contributed by atoms with van der Waals surface area (Å²) in [7, 11) is 0. The lowest BCUT2D eigenvalue weighted by molar-refractivity contribution is -0.130. The van der Waals surface area contributed by atoms with Crippen LogP contribution in [0.25, 0.3) is 0 Å². The zero-order valence-corrected chi connectivity index (χ0v) is 13.4. The number of carbonyl (C=O) groups is 1. The molecule has 2 aromatic rings. The van der Waals surface area contributed by atoms with Crippen molar-refractivity contribution < 1.29 is 4.79 Å². The molecular weight excluding hydrogens is 290 g/mol. The minimum Gasteiger partial charge on any atom is -0.353 e. The van der Waals surface area contributed by atoms with Gasteiger partial charge in [0.25, 0.3) is 0 Å². The molecule has 3 heterocycles. The summed E-state index contributed by atoms with van der Waals surface area (Å²) >= 11 is 0. The molecule has 1 aliphatic heterocycles. The highest BCUT2D eigenvalue weighted by Gasteiger charge is 2.20. The van der Waals surface area contributed by atoms with Crippen LogP contribution >= 0.6 is 0 Å². The second-order valence-corrected chi connectivity index (χ2v) is 5.79. The Hall–Kier alpha value is -2.50. The van der Waals surface area contributed by atoms with E-state index in [1.807, 2.05) is 36.1 Å². The first-order chi connectivity index (χ1) is 11.2. The number of rotatable bonds is 3. The lowest BCUT2D eigenvalue weighted by atomic mass is 10.2. The van der Waals surface area contributed by atoms with E-state index < -0.39 is 0 Å². The molecule has 6 heteroatoms. The number of carbonyl (C=O) groups excluding carboxylic acids is 1. The number of aryl methyl sites for hydroxylation is 1. The first-order valence-electron chi connectivity index (χ1n) is 7.94. The molecule has 120 valence electrons. The summed E-state index contributed by atoms with van der Waals surface area (Å²) < 4.78 is 0. The van der Waals surface area contributed by atoms with Gasteiger partial charge in [0.2, 0.25) is 5.91 Å². The SMILES string of the molecule is Cc1ccc(N2CCCN(C(=O)Cc3cccnc3)CC2)nn1. The fourth-order valence-electron chi connectivity index (χ4n) is 2.75. The van der Waals surface area contributed by atoms with Crippen molar-refractivity contribution in [1.82, 2.24) is 20.1 Å². The normalized spacial score (nSPS) is 15.3. The van der Waals surface area contributed by atoms with E-state index in [1.54, 1.807) is 12.4 Å². The highest BCUT2D eigenvalue weighted by atomic mass is 16.2. The van der Waals surface area contributed by atoms with Crippen LogP contribution in [0.1, 0.15) is 17.7 Å². The molecule has 0 unspecified atom stereocenters. The predicted octanol–water partition coefficient (Wildman–Crippen LogP) is 1.46. The molecule has 0 spiro atoms. The van der Waals surface area contributed by atoms with E-state index >= 15 is 0 Å². The summed E-state index contributed by atoms with van der Waals surface area (Å²) in [5.74, 6) is 1.05. The predicted molar refractivity (Wildman–Crippen MR) is 88.1 cm³/mol. The Morgan fingerprint density at radius 1 is 1.13 bits per heavy atom. The van der Waals surface area contributed by atoms with Crippen LogP contribution in [0.2, 0.25) is 0 Å². The van der Waals surface area contributed by atoms with Crippen molar-refractivity contribution in [3.8, 4) is 0 Å². The van der Waals surface area contributed by atoms with Crippen LogP contribution in [0.4, 0.5) is 5.82 Å².